The smallest absolute Gasteiger partial charge is 0.0763 e. The molecule has 2 aliphatic rings. The second kappa shape index (κ2) is 3.83. The van der Waals surface area contributed by atoms with E-state index in [2.05, 4.69) is 34.1 Å². The topological polar surface area (TPSA) is 35.2 Å². The lowest BCUT2D eigenvalue weighted by atomic mass is 9.78. The predicted molar refractivity (Wildman–Crippen MR) is 67.3 cm³/mol. The number of hydrogen-bond acceptors (Lipinski definition) is 2. The van der Waals surface area contributed by atoms with Gasteiger partial charge in [-0.3, -0.25) is 0 Å². The van der Waals surface area contributed by atoms with Crippen LogP contribution in [0.25, 0.3) is 0 Å². The molecule has 0 saturated carbocycles. The lowest BCUT2D eigenvalue weighted by Crippen LogP contribution is -2.50. The maximum Gasteiger partial charge on any atom is 0.0763 e. The molecule has 16 heavy (non-hydrogen) atoms. The average Bonchev–Trinajstić information content (AvgIpc) is 2.76. The predicted octanol–water partition coefficient (Wildman–Crippen LogP) is 2.64. The molecule has 2 nitrogen and oxygen atoms in total. The monoisotopic (exact) mass is 281 g/mol. The average molecular weight is 282 g/mol. The minimum absolute atomic E-state index is 0.135. The van der Waals surface area contributed by atoms with E-state index in [9.17, 15) is 0 Å². The highest BCUT2D eigenvalue weighted by Gasteiger charge is 2.49. The van der Waals surface area contributed by atoms with Gasteiger partial charge in [0.25, 0.3) is 0 Å². The molecular weight excluding hydrogens is 266 g/mol. The van der Waals surface area contributed by atoms with Crippen LogP contribution in [-0.4, -0.2) is 17.7 Å². The lowest BCUT2D eigenvalue weighted by Gasteiger charge is -2.31. The summed E-state index contributed by atoms with van der Waals surface area (Å²) in [6.45, 7) is 0. The van der Waals surface area contributed by atoms with E-state index < -0.39 is 0 Å². The van der Waals surface area contributed by atoms with Crippen LogP contribution in [0.3, 0.4) is 0 Å². The zero-order chi connectivity index (χ0) is 11.2. The Hall–Kier alpha value is -0.380. The summed E-state index contributed by atoms with van der Waals surface area (Å²) in [5.74, 6) is 0. The Balaban J connectivity index is 1.79. The molecule has 2 fully saturated rings. The van der Waals surface area contributed by atoms with Gasteiger partial charge in [-0.15, -0.1) is 0 Å². The van der Waals surface area contributed by atoms with E-state index in [0.29, 0.717) is 6.10 Å². The molecule has 2 heterocycles. The summed E-state index contributed by atoms with van der Waals surface area (Å²) in [5.41, 5.74) is 7.65. The van der Waals surface area contributed by atoms with Gasteiger partial charge in [0.1, 0.15) is 0 Å². The fourth-order valence-corrected chi connectivity index (χ4v) is 3.49. The van der Waals surface area contributed by atoms with Gasteiger partial charge in [0, 0.05) is 10.0 Å². The van der Waals surface area contributed by atoms with E-state index in [-0.39, 0.29) is 11.6 Å². The molecule has 3 unspecified atom stereocenters. The first-order valence-electron chi connectivity index (χ1n) is 5.84. The SMILES string of the molecule is NC1(Cc2cccc(Br)c2)CC2CCC1O2. The van der Waals surface area contributed by atoms with Crippen LogP contribution in [0.5, 0.6) is 0 Å². The Kier molecular flexibility index (Phi) is 2.57. The molecule has 3 atom stereocenters. The zero-order valence-electron chi connectivity index (χ0n) is 9.16. The van der Waals surface area contributed by atoms with E-state index in [4.69, 9.17) is 10.5 Å². The molecule has 1 aromatic rings. The number of fused-ring (bicyclic) bond motifs is 2. The maximum absolute atomic E-state index is 6.49. The Labute approximate surface area is 104 Å². The molecule has 0 aromatic heterocycles. The molecule has 2 saturated heterocycles. The first kappa shape index (κ1) is 10.8. The van der Waals surface area contributed by atoms with Gasteiger partial charge in [-0.2, -0.15) is 0 Å². The largest absolute Gasteiger partial charge is 0.373 e. The van der Waals surface area contributed by atoms with Crippen LogP contribution < -0.4 is 5.73 Å². The number of nitrogens with two attached hydrogens (primary N) is 1. The minimum atomic E-state index is -0.135. The van der Waals surface area contributed by atoms with Gasteiger partial charge in [0.2, 0.25) is 0 Å². The second-order valence-corrected chi connectivity index (χ2v) is 5.98. The van der Waals surface area contributed by atoms with Crippen molar-refractivity contribution in [3.63, 3.8) is 0 Å². The van der Waals surface area contributed by atoms with Crippen LogP contribution in [-0.2, 0) is 11.2 Å². The first-order chi connectivity index (χ1) is 7.66. The third-order valence-corrected chi connectivity index (χ3v) is 4.27. The van der Waals surface area contributed by atoms with E-state index in [1.165, 1.54) is 12.0 Å². The highest BCUT2D eigenvalue weighted by atomic mass is 79.9. The maximum atomic E-state index is 6.49. The summed E-state index contributed by atoms with van der Waals surface area (Å²) in [4.78, 5) is 0. The van der Waals surface area contributed by atoms with Crippen molar-refractivity contribution in [2.45, 2.75) is 43.4 Å². The van der Waals surface area contributed by atoms with Gasteiger partial charge in [0.15, 0.2) is 0 Å². The molecule has 2 N–H and O–H groups in total. The summed E-state index contributed by atoms with van der Waals surface area (Å²) < 4.78 is 6.98. The summed E-state index contributed by atoms with van der Waals surface area (Å²) >= 11 is 3.50. The van der Waals surface area contributed by atoms with Crippen LogP contribution in [0.1, 0.15) is 24.8 Å². The third kappa shape index (κ3) is 1.81. The Bertz CT molecular complexity index is 409. The van der Waals surface area contributed by atoms with Crippen LogP contribution >= 0.6 is 15.9 Å². The standard InChI is InChI=1S/C13H16BrNO/c14-10-3-1-2-9(6-10)7-13(15)8-11-4-5-12(13)16-11/h1-3,6,11-12H,4-5,7-8,15H2. The van der Waals surface area contributed by atoms with Crippen LogP contribution in [0.2, 0.25) is 0 Å². The van der Waals surface area contributed by atoms with E-state index in [0.717, 1.165) is 23.7 Å². The van der Waals surface area contributed by atoms with Crippen molar-refractivity contribution in [3.05, 3.63) is 34.3 Å². The van der Waals surface area contributed by atoms with Crippen molar-refractivity contribution in [3.8, 4) is 0 Å². The second-order valence-electron chi connectivity index (χ2n) is 5.07. The van der Waals surface area contributed by atoms with Crippen molar-refractivity contribution in [2.75, 3.05) is 0 Å². The number of rotatable bonds is 2. The van der Waals surface area contributed by atoms with E-state index in [1.807, 2.05) is 6.07 Å². The highest BCUT2D eigenvalue weighted by Crippen LogP contribution is 2.41. The number of benzene rings is 1. The van der Waals surface area contributed by atoms with Crippen LogP contribution in [0, 0.1) is 0 Å². The van der Waals surface area contributed by atoms with Gasteiger partial charge in [-0.1, -0.05) is 28.1 Å². The zero-order valence-corrected chi connectivity index (χ0v) is 10.7. The molecule has 0 spiro atoms. The summed E-state index contributed by atoms with van der Waals surface area (Å²) in [5, 5.41) is 0. The van der Waals surface area contributed by atoms with Crippen LogP contribution in [0.15, 0.2) is 28.7 Å². The summed E-state index contributed by atoms with van der Waals surface area (Å²) in [7, 11) is 0. The van der Waals surface area contributed by atoms with Crippen molar-refractivity contribution in [1.82, 2.24) is 0 Å². The van der Waals surface area contributed by atoms with Gasteiger partial charge in [0.05, 0.1) is 12.2 Å². The molecular formula is C13H16BrNO. The van der Waals surface area contributed by atoms with E-state index >= 15 is 0 Å². The van der Waals surface area contributed by atoms with Crippen LogP contribution in [0.4, 0.5) is 0 Å². The minimum Gasteiger partial charge on any atom is -0.373 e. The molecule has 2 bridgehead atoms. The Morgan fingerprint density at radius 1 is 1.44 bits per heavy atom. The van der Waals surface area contributed by atoms with Gasteiger partial charge in [-0.25, -0.2) is 0 Å². The molecule has 0 radical (unpaired) electrons. The van der Waals surface area contributed by atoms with Crippen molar-refractivity contribution in [1.29, 1.82) is 0 Å². The number of ether oxygens (including phenoxy) is 1. The molecule has 86 valence electrons. The van der Waals surface area contributed by atoms with Gasteiger partial charge < -0.3 is 10.5 Å². The molecule has 3 rings (SSSR count). The number of halogens is 1. The fraction of sp³-hybridized carbons (Fsp3) is 0.538. The Morgan fingerprint density at radius 3 is 2.94 bits per heavy atom. The molecule has 0 amide bonds. The normalized spacial score (nSPS) is 36.9. The van der Waals surface area contributed by atoms with Gasteiger partial charge >= 0.3 is 0 Å². The molecule has 0 aliphatic carbocycles. The van der Waals surface area contributed by atoms with Crippen molar-refractivity contribution in [2.24, 2.45) is 5.73 Å². The third-order valence-electron chi connectivity index (χ3n) is 3.78. The van der Waals surface area contributed by atoms with Crippen molar-refractivity contribution < 1.29 is 4.74 Å². The molecule has 2 aliphatic heterocycles. The molecule has 3 heteroatoms. The quantitative estimate of drug-likeness (QED) is 0.905. The number of hydrogen-bond donors (Lipinski definition) is 1. The Morgan fingerprint density at radius 2 is 2.31 bits per heavy atom. The summed E-state index contributed by atoms with van der Waals surface area (Å²) in [6.07, 6.45) is 4.97. The first-order valence-corrected chi connectivity index (χ1v) is 6.64. The fourth-order valence-electron chi connectivity index (χ4n) is 3.05. The molecule has 1 aromatic carbocycles. The summed E-state index contributed by atoms with van der Waals surface area (Å²) in [6, 6.07) is 8.41. The van der Waals surface area contributed by atoms with Gasteiger partial charge in [-0.05, 0) is 43.4 Å². The van der Waals surface area contributed by atoms with Crippen molar-refractivity contribution >= 4 is 15.9 Å². The highest BCUT2D eigenvalue weighted by molar-refractivity contribution is 9.10. The van der Waals surface area contributed by atoms with E-state index in [1.54, 1.807) is 0 Å². The lowest BCUT2D eigenvalue weighted by molar-refractivity contribution is 0.0856.